The molecular formula is C33H46N2O7. The van der Waals surface area contributed by atoms with Crippen molar-refractivity contribution in [3.05, 3.63) is 71.3 Å². The summed E-state index contributed by atoms with van der Waals surface area (Å²) in [7, 11) is 0. The van der Waals surface area contributed by atoms with Crippen LogP contribution in [0.2, 0.25) is 0 Å². The van der Waals surface area contributed by atoms with Crippen LogP contribution in [-0.2, 0) is 43.4 Å². The van der Waals surface area contributed by atoms with Crippen LogP contribution in [0.3, 0.4) is 0 Å². The van der Waals surface area contributed by atoms with Gasteiger partial charge in [0.15, 0.2) is 0 Å². The second-order valence-electron chi connectivity index (χ2n) is 12.7. The molecule has 1 heterocycles. The highest BCUT2D eigenvalue weighted by molar-refractivity contribution is 5.74. The van der Waals surface area contributed by atoms with Crippen LogP contribution in [0.4, 0.5) is 9.59 Å². The smallest absolute Gasteiger partial charge is 0.410 e. The SMILES string of the molecule is CC(C)(C)OC(=O)[C@@H](Cc1cccc(COCCNC(=O)OCc2ccccc2)c1)[C@H]1CCN(C(=O)OC(C)(C)C)C1. The molecule has 9 heteroatoms. The number of nitrogens with one attached hydrogen (secondary N) is 1. The Morgan fingerprint density at radius 1 is 0.881 bits per heavy atom. The van der Waals surface area contributed by atoms with Gasteiger partial charge in [-0.25, -0.2) is 9.59 Å². The molecule has 0 radical (unpaired) electrons. The molecule has 0 aliphatic carbocycles. The number of hydrogen-bond acceptors (Lipinski definition) is 7. The van der Waals surface area contributed by atoms with Crippen molar-refractivity contribution in [1.82, 2.24) is 10.2 Å². The molecule has 3 rings (SSSR count). The minimum absolute atomic E-state index is 0.0417. The summed E-state index contributed by atoms with van der Waals surface area (Å²) in [4.78, 5) is 39.6. The van der Waals surface area contributed by atoms with E-state index in [1.807, 2.05) is 96.1 Å². The predicted octanol–water partition coefficient (Wildman–Crippen LogP) is 5.89. The van der Waals surface area contributed by atoms with Gasteiger partial charge in [0.1, 0.15) is 17.8 Å². The number of ether oxygens (including phenoxy) is 4. The van der Waals surface area contributed by atoms with E-state index in [4.69, 9.17) is 18.9 Å². The molecule has 1 aliphatic heterocycles. The van der Waals surface area contributed by atoms with Gasteiger partial charge in [-0.1, -0.05) is 54.6 Å². The molecule has 2 aromatic carbocycles. The summed E-state index contributed by atoms with van der Waals surface area (Å²) < 4.78 is 22.3. The summed E-state index contributed by atoms with van der Waals surface area (Å²) >= 11 is 0. The quantitative estimate of drug-likeness (QED) is 0.200. The zero-order valence-corrected chi connectivity index (χ0v) is 25.8. The van der Waals surface area contributed by atoms with Crippen LogP contribution in [0.25, 0.3) is 0 Å². The average Bonchev–Trinajstić information content (AvgIpc) is 3.39. The first-order valence-electron chi connectivity index (χ1n) is 14.6. The number of rotatable bonds is 11. The third-order valence-corrected chi connectivity index (χ3v) is 6.60. The van der Waals surface area contributed by atoms with Crippen LogP contribution in [0.5, 0.6) is 0 Å². The lowest BCUT2D eigenvalue weighted by Gasteiger charge is -2.28. The van der Waals surface area contributed by atoms with Crippen molar-refractivity contribution >= 4 is 18.2 Å². The Morgan fingerprint density at radius 2 is 1.55 bits per heavy atom. The zero-order valence-electron chi connectivity index (χ0n) is 25.8. The fourth-order valence-electron chi connectivity index (χ4n) is 4.72. The van der Waals surface area contributed by atoms with E-state index in [0.29, 0.717) is 45.7 Å². The maximum atomic E-state index is 13.3. The molecule has 0 unspecified atom stereocenters. The third-order valence-electron chi connectivity index (χ3n) is 6.60. The Hall–Kier alpha value is -3.59. The van der Waals surface area contributed by atoms with E-state index in [1.165, 1.54) is 0 Å². The highest BCUT2D eigenvalue weighted by Crippen LogP contribution is 2.31. The summed E-state index contributed by atoms with van der Waals surface area (Å²) in [5.74, 6) is -0.704. The molecule has 42 heavy (non-hydrogen) atoms. The maximum Gasteiger partial charge on any atom is 0.410 e. The van der Waals surface area contributed by atoms with Gasteiger partial charge in [0, 0.05) is 19.6 Å². The van der Waals surface area contributed by atoms with Crippen molar-refractivity contribution in [2.45, 2.75) is 78.8 Å². The number of alkyl carbamates (subject to hydrolysis) is 1. The van der Waals surface area contributed by atoms with Crippen molar-refractivity contribution in [3.63, 3.8) is 0 Å². The topological polar surface area (TPSA) is 103 Å². The van der Waals surface area contributed by atoms with E-state index in [-0.39, 0.29) is 24.6 Å². The van der Waals surface area contributed by atoms with E-state index in [2.05, 4.69) is 5.32 Å². The summed E-state index contributed by atoms with van der Waals surface area (Å²) in [5, 5.41) is 2.69. The van der Waals surface area contributed by atoms with E-state index < -0.39 is 23.2 Å². The van der Waals surface area contributed by atoms with E-state index >= 15 is 0 Å². The van der Waals surface area contributed by atoms with Gasteiger partial charge in [-0.15, -0.1) is 0 Å². The Labute approximate surface area is 249 Å². The lowest BCUT2D eigenvalue weighted by molar-refractivity contribution is -0.162. The fraction of sp³-hybridized carbons (Fsp3) is 0.545. The van der Waals surface area contributed by atoms with Gasteiger partial charge < -0.3 is 29.2 Å². The second kappa shape index (κ2) is 15.0. The van der Waals surface area contributed by atoms with Gasteiger partial charge in [-0.3, -0.25) is 4.79 Å². The Bertz CT molecular complexity index is 1170. The summed E-state index contributed by atoms with van der Waals surface area (Å²) in [6.07, 6.45) is 0.345. The largest absolute Gasteiger partial charge is 0.460 e. The molecule has 1 N–H and O–H groups in total. The number of carbonyl (C=O) groups excluding carboxylic acids is 3. The predicted molar refractivity (Wildman–Crippen MR) is 160 cm³/mol. The van der Waals surface area contributed by atoms with Crippen molar-refractivity contribution in [2.75, 3.05) is 26.2 Å². The molecule has 230 valence electrons. The lowest BCUT2D eigenvalue weighted by Crippen LogP contribution is -2.38. The first-order valence-corrected chi connectivity index (χ1v) is 14.6. The van der Waals surface area contributed by atoms with E-state index in [1.54, 1.807) is 4.90 Å². The summed E-state index contributed by atoms with van der Waals surface area (Å²) in [6.45, 7) is 13.3. The monoisotopic (exact) mass is 582 g/mol. The van der Waals surface area contributed by atoms with E-state index in [0.717, 1.165) is 16.7 Å². The molecular weight excluding hydrogens is 536 g/mol. The maximum absolute atomic E-state index is 13.3. The molecule has 9 nitrogen and oxygen atoms in total. The minimum atomic E-state index is -0.615. The van der Waals surface area contributed by atoms with Crippen LogP contribution >= 0.6 is 0 Å². The molecule has 1 fully saturated rings. The van der Waals surface area contributed by atoms with Gasteiger partial charge in [0.2, 0.25) is 0 Å². The minimum Gasteiger partial charge on any atom is -0.460 e. The van der Waals surface area contributed by atoms with Gasteiger partial charge in [-0.2, -0.15) is 0 Å². The Kier molecular flexibility index (Phi) is 11.8. The molecule has 1 aliphatic rings. The molecule has 2 amide bonds. The number of amides is 2. The van der Waals surface area contributed by atoms with E-state index in [9.17, 15) is 14.4 Å². The standard InChI is InChI=1S/C33H46N2O7/c1-32(2,3)41-29(36)28(27-15-17-35(21-27)31(38)42-33(4,5)6)20-25-13-10-14-26(19-25)22-39-18-16-34-30(37)40-23-24-11-8-7-9-12-24/h7-14,19,27-28H,15-18,20-23H2,1-6H3,(H,34,37)/t27-,28-/m0/s1. The van der Waals surface area contributed by atoms with Gasteiger partial charge in [0.05, 0.1) is 19.1 Å². The van der Waals surface area contributed by atoms with Crippen LogP contribution in [-0.4, -0.2) is 60.5 Å². The van der Waals surface area contributed by atoms with Crippen molar-refractivity contribution < 1.29 is 33.3 Å². The Balaban J connectivity index is 1.52. The summed E-state index contributed by atoms with van der Waals surface area (Å²) in [6, 6.07) is 17.4. The third kappa shape index (κ3) is 11.7. The number of hydrogen-bond donors (Lipinski definition) is 1. The lowest BCUT2D eigenvalue weighted by atomic mass is 9.85. The van der Waals surface area contributed by atoms with Crippen LogP contribution < -0.4 is 5.32 Å². The number of carbonyl (C=O) groups is 3. The summed E-state index contributed by atoms with van der Waals surface area (Å²) in [5.41, 5.74) is 1.68. The van der Waals surface area contributed by atoms with Gasteiger partial charge in [0.25, 0.3) is 0 Å². The van der Waals surface area contributed by atoms with Gasteiger partial charge >= 0.3 is 18.2 Å². The molecule has 0 aromatic heterocycles. The molecule has 0 spiro atoms. The average molecular weight is 583 g/mol. The number of nitrogens with zero attached hydrogens (tertiary/aromatic N) is 1. The van der Waals surface area contributed by atoms with Gasteiger partial charge in [-0.05, 0) is 77.0 Å². The van der Waals surface area contributed by atoms with Crippen LogP contribution in [0.1, 0.15) is 64.7 Å². The highest BCUT2D eigenvalue weighted by atomic mass is 16.6. The highest BCUT2D eigenvalue weighted by Gasteiger charge is 2.39. The molecule has 0 saturated carbocycles. The molecule has 1 saturated heterocycles. The molecule has 0 bridgehead atoms. The Morgan fingerprint density at radius 3 is 2.24 bits per heavy atom. The van der Waals surface area contributed by atoms with Crippen LogP contribution in [0.15, 0.2) is 54.6 Å². The molecule has 2 atom stereocenters. The van der Waals surface area contributed by atoms with Crippen molar-refractivity contribution in [3.8, 4) is 0 Å². The number of likely N-dealkylation sites (tertiary alicyclic amines) is 1. The first kappa shape index (κ1) is 32.9. The van der Waals surface area contributed by atoms with Crippen molar-refractivity contribution in [1.29, 1.82) is 0 Å². The first-order chi connectivity index (χ1) is 19.8. The number of esters is 1. The normalized spacial score (nSPS) is 16.0. The number of benzene rings is 2. The zero-order chi connectivity index (χ0) is 30.8. The van der Waals surface area contributed by atoms with Crippen LogP contribution in [0, 0.1) is 11.8 Å². The second-order valence-corrected chi connectivity index (χ2v) is 12.7. The molecule has 2 aromatic rings. The fourth-order valence-corrected chi connectivity index (χ4v) is 4.72. The van der Waals surface area contributed by atoms with Crippen molar-refractivity contribution in [2.24, 2.45) is 11.8 Å².